The first-order valence-electron chi connectivity index (χ1n) is 5.53. The Kier molecular flexibility index (Phi) is 3.84. The van der Waals surface area contributed by atoms with Crippen LogP contribution in [0.3, 0.4) is 0 Å². The maximum absolute atomic E-state index is 13.1. The van der Waals surface area contributed by atoms with Crippen molar-refractivity contribution in [1.29, 1.82) is 0 Å². The number of nitrogens with two attached hydrogens (primary N) is 1. The number of aliphatic hydroxyl groups is 1. The van der Waals surface area contributed by atoms with Crippen LogP contribution in [0.5, 0.6) is 0 Å². The van der Waals surface area contributed by atoms with Gasteiger partial charge in [0.15, 0.2) is 0 Å². The van der Waals surface area contributed by atoms with E-state index in [1.165, 1.54) is 18.2 Å². The molecule has 0 heterocycles. The molecule has 3 N–H and O–H groups in total. The van der Waals surface area contributed by atoms with Gasteiger partial charge in [-0.05, 0) is 35.9 Å². The van der Waals surface area contributed by atoms with Gasteiger partial charge in [-0.15, -0.1) is 0 Å². The van der Waals surface area contributed by atoms with Crippen molar-refractivity contribution in [1.82, 2.24) is 0 Å². The number of aliphatic hydroxyl groups excluding tert-OH is 1. The molecule has 2 rings (SSSR count). The van der Waals surface area contributed by atoms with Crippen LogP contribution in [0.2, 0.25) is 5.02 Å². The van der Waals surface area contributed by atoms with Gasteiger partial charge in [-0.25, -0.2) is 4.39 Å². The Morgan fingerprint density at radius 3 is 2.72 bits per heavy atom. The SMILES string of the molecule is Nc1ccc(F)cc1C(O)Cc1cccc(Cl)c1. The molecule has 0 saturated heterocycles. The van der Waals surface area contributed by atoms with E-state index in [1.54, 1.807) is 18.2 Å². The minimum atomic E-state index is -0.848. The number of hydrogen-bond donors (Lipinski definition) is 2. The van der Waals surface area contributed by atoms with Crippen molar-refractivity contribution < 1.29 is 9.50 Å². The van der Waals surface area contributed by atoms with E-state index in [-0.39, 0.29) is 0 Å². The number of anilines is 1. The highest BCUT2D eigenvalue weighted by Gasteiger charge is 2.13. The van der Waals surface area contributed by atoms with Crippen LogP contribution in [-0.4, -0.2) is 5.11 Å². The van der Waals surface area contributed by atoms with Crippen molar-refractivity contribution in [3.8, 4) is 0 Å². The number of rotatable bonds is 3. The monoisotopic (exact) mass is 265 g/mol. The lowest BCUT2D eigenvalue weighted by Crippen LogP contribution is -2.06. The van der Waals surface area contributed by atoms with Crippen LogP contribution in [0.25, 0.3) is 0 Å². The fraction of sp³-hybridized carbons (Fsp3) is 0.143. The molecule has 0 aliphatic rings. The molecule has 2 aromatic carbocycles. The molecule has 0 aromatic heterocycles. The molecule has 4 heteroatoms. The van der Waals surface area contributed by atoms with Crippen molar-refractivity contribution in [2.24, 2.45) is 0 Å². The number of halogens is 2. The standard InChI is InChI=1S/C14H13ClFNO/c15-10-3-1-2-9(6-10)7-14(18)12-8-11(16)4-5-13(12)17/h1-6,8,14,18H,7,17H2. The van der Waals surface area contributed by atoms with Crippen LogP contribution >= 0.6 is 11.6 Å². The summed E-state index contributed by atoms with van der Waals surface area (Å²) in [5, 5.41) is 10.7. The molecule has 0 radical (unpaired) electrons. The van der Waals surface area contributed by atoms with Crippen molar-refractivity contribution in [3.05, 3.63) is 64.4 Å². The van der Waals surface area contributed by atoms with E-state index >= 15 is 0 Å². The number of nitrogen functional groups attached to an aromatic ring is 1. The van der Waals surface area contributed by atoms with Crippen molar-refractivity contribution in [3.63, 3.8) is 0 Å². The largest absolute Gasteiger partial charge is 0.398 e. The van der Waals surface area contributed by atoms with E-state index in [2.05, 4.69) is 0 Å². The second-order valence-corrected chi connectivity index (χ2v) is 4.56. The number of benzene rings is 2. The Hall–Kier alpha value is -1.58. The zero-order valence-electron chi connectivity index (χ0n) is 9.61. The lowest BCUT2D eigenvalue weighted by molar-refractivity contribution is 0.179. The number of hydrogen-bond acceptors (Lipinski definition) is 2. The van der Waals surface area contributed by atoms with Gasteiger partial charge >= 0.3 is 0 Å². The Bertz CT molecular complexity index is 559. The minimum absolute atomic E-state index is 0.341. The lowest BCUT2D eigenvalue weighted by Gasteiger charge is -2.13. The van der Waals surface area contributed by atoms with Gasteiger partial charge in [0.1, 0.15) is 5.82 Å². The van der Waals surface area contributed by atoms with E-state index in [9.17, 15) is 9.50 Å². The highest BCUT2D eigenvalue weighted by atomic mass is 35.5. The summed E-state index contributed by atoms with van der Waals surface area (Å²) in [4.78, 5) is 0. The van der Waals surface area contributed by atoms with E-state index in [0.717, 1.165) is 5.56 Å². The fourth-order valence-electron chi connectivity index (χ4n) is 1.83. The van der Waals surface area contributed by atoms with Crippen LogP contribution in [0.15, 0.2) is 42.5 Å². The van der Waals surface area contributed by atoms with Gasteiger partial charge in [0.25, 0.3) is 0 Å². The predicted octanol–water partition coefficient (Wildman–Crippen LogP) is 3.34. The molecule has 0 bridgehead atoms. The highest BCUT2D eigenvalue weighted by Crippen LogP contribution is 2.25. The average molecular weight is 266 g/mol. The van der Waals surface area contributed by atoms with Gasteiger partial charge in [-0.1, -0.05) is 23.7 Å². The molecule has 0 aliphatic heterocycles. The van der Waals surface area contributed by atoms with Gasteiger partial charge in [-0.3, -0.25) is 0 Å². The molecule has 1 unspecified atom stereocenters. The third-order valence-corrected chi connectivity index (χ3v) is 2.96. The minimum Gasteiger partial charge on any atom is -0.398 e. The van der Waals surface area contributed by atoms with Crippen LogP contribution in [0, 0.1) is 5.82 Å². The van der Waals surface area contributed by atoms with Crippen molar-refractivity contribution in [2.75, 3.05) is 5.73 Å². The van der Waals surface area contributed by atoms with Gasteiger partial charge in [-0.2, -0.15) is 0 Å². The Balaban J connectivity index is 2.21. The summed E-state index contributed by atoms with van der Waals surface area (Å²) in [6, 6.07) is 11.2. The van der Waals surface area contributed by atoms with E-state index < -0.39 is 11.9 Å². The lowest BCUT2D eigenvalue weighted by atomic mass is 10.00. The van der Waals surface area contributed by atoms with Crippen LogP contribution in [0.4, 0.5) is 10.1 Å². The third kappa shape index (κ3) is 3.00. The van der Waals surface area contributed by atoms with Crippen molar-refractivity contribution >= 4 is 17.3 Å². The fourth-order valence-corrected chi connectivity index (χ4v) is 2.04. The second-order valence-electron chi connectivity index (χ2n) is 4.12. The maximum Gasteiger partial charge on any atom is 0.123 e. The molecule has 94 valence electrons. The van der Waals surface area contributed by atoms with Gasteiger partial charge in [0.05, 0.1) is 6.10 Å². The molecule has 2 nitrogen and oxygen atoms in total. The highest BCUT2D eigenvalue weighted by molar-refractivity contribution is 6.30. The smallest absolute Gasteiger partial charge is 0.123 e. The molecule has 0 spiro atoms. The summed E-state index contributed by atoms with van der Waals surface area (Å²) in [7, 11) is 0. The summed E-state index contributed by atoms with van der Waals surface area (Å²) in [5.41, 5.74) is 7.37. The van der Waals surface area contributed by atoms with E-state index in [1.807, 2.05) is 6.07 Å². The zero-order chi connectivity index (χ0) is 13.1. The topological polar surface area (TPSA) is 46.2 Å². The predicted molar refractivity (Wildman–Crippen MR) is 70.9 cm³/mol. The van der Waals surface area contributed by atoms with Gasteiger partial charge in [0.2, 0.25) is 0 Å². The molecular formula is C14H13ClFNO. The Morgan fingerprint density at radius 2 is 2.00 bits per heavy atom. The first-order valence-corrected chi connectivity index (χ1v) is 5.91. The molecule has 0 amide bonds. The molecule has 0 fully saturated rings. The average Bonchev–Trinajstić information content (AvgIpc) is 2.32. The molecule has 2 aromatic rings. The van der Waals surface area contributed by atoms with E-state index in [0.29, 0.717) is 22.7 Å². The summed E-state index contributed by atoms with van der Waals surface area (Å²) < 4.78 is 13.1. The van der Waals surface area contributed by atoms with Gasteiger partial charge < -0.3 is 10.8 Å². The summed E-state index contributed by atoms with van der Waals surface area (Å²) >= 11 is 5.86. The summed E-state index contributed by atoms with van der Waals surface area (Å²) in [5.74, 6) is -0.413. The first-order chi connectivity index (χ1) is 8.56. The zero-order valence-corrected chi connectivity index (χ0v) is 10.4. The molecule has 1 atom stereocenters. The van der Waals surface area contributed by atoms with Crippen molar-refractivity contribution in [2.45, 2.75) is 12.5 Å². The summed E-state index contributed by atoms with van der Waals surface area (Å²) in [6.45, 7) is 0. The van der Waals surface area contributed by atoms with E-state index in [4.69, 9.17) is 17.3 Å². The Labute approximate surface area is 110 Å². The molecule has 0 aliphatic carbocycles. The van der Waals surface area contributed by atoms with Crippen LogP contribution in [-0.2, 0) is 6.42 Å². The molecular weight excluding hydrogens is 253 g/mol. The molecule has 18 heavy (non-hydrogen) atoms. The Morgan fingerprint density at radius 1 is 1.22 bits per heavy atom. The normalized spacial score (nSPS) is 12.4. The first kappa shape index (κ1) is 12.9. The van der Waals surface area contributed by atoms with Gasteiger partial charge in [0, 0.05) is 22.7 Å². The van der Waals surface area contributed by atoms with Crippen LogP contribution < -0.4 is 5.73 Å². The molecule has 0 saturated carbocycles. The third-order valence-electron chi connectivity index (χ3n) is 2.73. The van der Waals surface area contributed by atoms with Crippen LogP contribution in [0.1, 0.15) is 17.2 Å². The second kappa shape index (κ2) is 5.38. The quantitative estimate of drug-likeness (QED) is 0.836. The maximum atomic E-state index is 13.1. The summed E-state index contributed by atoms with van der Waals surface area (Å²) in [6.07, 6.45) is -0.507.